The number of benzene rings is 3. The second kappa shape index (κ2) is 7.14. The smallest absolute Gasteiger partial charge is 0.214 e. The van der Waals surface area contributed by atoms with Crippen molar-refractivity contribution in [3.05, 3.63) is 101 Å². The molecule has 1 aliphatic rings. The fourth-order valence-electron chi connectivity index (χ4n) is 3.63. The molecule has 0 saturated carbocycles. The summed E-state index contributed by atoms with van der Waals surface area (Å²) in [6.07, 6.45) is 4.09. The number of hydrogen-bond acceptors (Lipinski definition) is 2. The van der Waals surface area contributed by atoms with E-state index in [9.17, 15) is 8.42 Å². The number of nitrogens with one attached hydrogen (secondary N) is 1. The monoisotopic (exact) mass is 375 g/mol. The third-order valence-electron chi connectivity index (χ3n) is 5.03. The van der Waals surface area contributed by atoms with Crippen molar-refractivity contribution in [1.82, 2.24) is 4.72 Å². The van der Waals surface area contributed by atoms with Crippen molar-refractivity contribution in [2.45, 2.75) is 17.7 Å². The molecule has 3 aromatic rings. The van der Waals surface area contributed by atoms with Crippen LogP contribution in [0, 0.1) is 0 Å². The highest BCUT2D eigenvalue weighted by Gasteiger charge is 2.18. The Kier molecular flexibility index (Phi) is 4.68. The first-order valence-electron chi connectivity index (χ1n) is 9.00. The van der Waals surface area contributed by atoms with E-state index in [0.29, 0.717) is 0 Å². The molecule has 0 saturated heterocycles. The number of rotatable bonds is 3. The van der Waals surface area contributed by atoms with E-state index < -0.39 is 10.0 Å². The van der Waals surface area contributed by atoms with Crippen LogP contribution in [-0.2, 0) is 22.9 Å². The quantitative estimate of drug-likeness (QED) is 0.743. The zero-order valence-electron chi connectivity index (χ0n) is 15.1. The molecule has 0 aromatic heterocycles. The number of sulfonamides is 1. The van der Waals surface area contributed by atoms with E-state index in [2.05, 4.69) is 59.3 Å². The molecule has 0 atom stereocenters. The van der Waals surface area contributed by atoms with Crippen LogP contribution in [0.3, 0.4) is 0 Å². The number of aryl methyl sites for hydroxylation is 2. The van der Waals surface area contributed by atoms with Crippen molar-refractivity contribution in [3.63, 3.8) is 0 Å². The molecule has 3 nitrogen and oxygen atoms in total. The third-order valence-corrected chi connectivity index (χ3v) is 6.44. The summed E-state index contributed by atoms with van der Waals surface area (Å²) in [5.41, 5.74) is 7.07. The fraction of sp³-hybridized carbons (Fsp3) is 0.130. The van der Waals surface area contributed by atoms with E-state index >= 15 is 0 Å². The summed E-state index contributed by atoms with van der Waals surface area (Å²) in [7, 11) is -2.04. The van der Waals surface area contributed by atoms with Crippen molar-refractivity contribution >= 4 is 21.7 Å². The first-order chi connectivity index (χ1) is 13.1. The molecule has 0 unspecified atom stereocenters. The average molecular weight is 375 g/mol. The van der Waals surface area contributed by atoms with Gasteiger partial charge in [-0.15, -0.1) is 0 Å². The molecule has 1 aliphatic carbocycles. The minimum absolute atomic E-state index is 0.273. The lowest BCUT2D eigenvalue weighted by Gasteiger charge is -2.12. The van der Waals surface area contributed by atoms with E-state index in [0.717, 1.165) is 24.0 Å². The van der Waals surface area contributed by atoms with Gasteiger partial charge in [0.05, 0.1) is 4.90 Å². The van der Waals surface area contributed by atoms with E-state index in [1.165, 1.54) is 29.3 Å². The van der Waals surface area contributed by atoms with Gasteiger partial charge in [-0.05, 0) is 71.5 Å². The maximum absolute atomic E-state index is 12.2. The highest BCUT2D eigenvalue weighted by molar-refractivity contribution is 7.89. The Morgan fingerprint density at radius 2 is 1.41 bits per heavy atom. The number of hydrogen-bond donors (Lipinski definition) is 1. The molecule has 0 spiro atoms. The molecule has 0 heterocycles. The van der Waals surface area contributed by atoms with Gasteiger partial charge in [-0.2, -0.15) is 0 Å². The van der Waals surface area contributed by atoms with E-state index in [4.69, 9.17) is 0 Å². The van der Waals surface area contributed by atoms with Gasteiger partial charge in [0.15, 0.2) is 0 Å². The number of fused-ring (bicyclic) bond motifs is 2. The zero-order valence-corrected chi connectivity index (χ0v) is 16.0. The summed E-state index contributed by atoms with van der Waals surface area (Å²) in [6, 6.07) is 24.0. The largest absolute Gasteiger partial charge is 0.240 e. The van der Waals surface area contributed by atoms with Gasteiger partial charge < -0.3 is 0 Å². The Labute approximate surface area is 160 Å². The van der Waals surface area contributed by atoms with Gasteiger partial charge in [0.2, 0.25) is 10.0 Å². The van der Waals surface area contributed by atoms with Crippen molar-refractivity contribution in [1.29, 1.82) is 0 Å². The van der Waals surface area contributed by atoms with Gasteiger partial charge in [-0.1, -0.05) is 60.7 Å². The Morgan fingerprint density at radius 1 is 0.815 bits per heavy atom. The van der Waals surface area contributed by atoms with Gasteiger partial charge >= 0.3 is 0 Å². The molecule has 0 radical (unpaired) electrons. The van der Waals surface area contributed by atoms with Gasteiger partial charge in [0.1, 0.15) is 0 Å². The molecular formula is C23H21NO2S. The van der Waals surface area contributed by atoms with Crippen LogP contribution in [0.4, 0.5) is 0 Å². The van der Waals surface area contributed by atoms with E-state index in [-0.39, 0.29) is 4.90 Å². The highest BCUT2D eigenvalue weighted by atomic mass is 32.2. The molecule has 136 valence electrons. The fourth-order valence-corrected chi connectivity index (χ4v) is 4.41. The summed E-state index contributed by atoms with van der Waals surface area (Å²) in [5.74, 6) is 0. The Morgan fingerprint density at radius 3 is 2.00 bits per heavy atom. The maximum Gasteiger partial charge on any atom is 0.240 e. The summed E-state index contributed by atoms with van der Waals surface area (Å²) >= 11 is 0. The highest BCUT2D eigenvalue weighted by Crippen LogP contribution is 2.35. The van der Waals surface area contributed by atoms with Crippen LogP contribution in [0.5, 0.6) is 0 Å². The molecule has 0 bridgehead atoms. The van der Waals surface area contributed by atoms with Crippen LogP contribution in [0.25, 0.3) is 11.6 Å². The van der Waals surface area contributed by atoms with Crippen molar-refractivity contribution < 1.29 is 8.42 Å². The molecule has 3 aromatic carbocycles. The second-order valence-electron chi connectivity index (χ2n) is 6.65. The SMILES string of the molecule is CNS(=O)(=O)c1cccc(C=C2c3ccccc3CCc3ccccc32)c1. The third kappa shape index (κ3) is 3.46. The van der Waals surface area contributed by atoms with Crippen LogP contribution >= 0.6 is 0 Å². The zero-order chi connectivity index (χ0) is 18.9. The molecule has 27 heavy (non-hydrogen) atoms. The molecule has 4 rings (SSSR count). The molecule has 0 aliphatic heterocycles. The van der Waals surface area contributed by atoms with Crippen molar-refractivity contribution in [3.8, 4) is 0 Å². The Balaban J connectivity index is 1.92. The van der Waals surface area contributed by atoms with E-state index in [1.54, 1.807) is 18.2 Å². The van der Waals surface area contributed by atoms with Gasteiger partial charge in [0.25, 0.3) is 0 Å². The predicted molar refractivity (Wildman–Crippen MR) is 110 cm³/mol. The lowest BCUT2D eigenvalue weighted by atomic mass is 9.92. The van der Waals surface area contributed by atoms with Crippen LogP contribution in [0.2, 0.25) is 0 Å². The summed E-state index contributed by atoms with van der Waals surface area (Å²) in [5, 5.41) is 0. The molecule has 0 fully saturated rings. The predicted octanol–water partition coefficient (Wildman–Crippen LogP) is 4.28. The van der Waals surface area contributed by atoms with Gasteiger partial charge in [-0.25, -0.2) is 13.1 Å². The molecule has 1 N–H and O–H groups in total. The van der Waals surface area contributed by atoms with Gasteiger partial charge in [-0.3, -0.25) is 0 Å². The minimum Gasteiger partial charge on any atom is -0.214 e. The normalized spacial score (nSPS) is 13.4. The minimum atomic E-state index is -3.47. The first-order valence-corrected chi connectivity index (χ1v) is 10.5. The standard InChI is InChI=1S/C23H21NO2S/c1-24-27(25,26)20-10-6-7-17(15-20)16-23-21-11-4-2-8-18(21)13-14-19-9-3-5-12-22(19)23/h2-12,15-16,24H,13-14H2,1H3. The van der Waals surface area contributed by atoms with Crippen molar-refractivity contribution in [2.24, 2.45) is 0 Å². The Bertz CT molecular complexity index is 1080. The molecule has 0 amide bonds. The summed E-state index contributed by atoms with van der Waals surface area (Å²) in [4.78, 5) is 0.273. The summed E-state index contributed by atoms with van der Waals surface area (Å²) in [6.45, 7) is 0. The Hall–Kier alpha value is -2.69. The van der Waals surface area contributed by atoms with Crippen LogP contribution in [0.1, 0.15) is 27.8 Å². The van der Waals surface area contributed by atoms with Crippen LogP contribution in [-0.4, -0.2) is 15.5 Å². The van der Waals surface area contributed by atoms with Gasteiger partial charge in [0, 0.05) is 0 Å². The second-order valence-corrected chi connectivity index (χ2v) is 8.54. The lowest BCUT2D eigenvalue weighted by Crippen LogP contribution is -2.18. The topological polar surface area (TPSA) is 46.2 Å². The van der Waals surface area contributed by atoms with E-state index in [1.807, 2.05) is 6.07 Å². The first kappa shape index (κ1) is 17.7. The van der Waals surface area contributed by atoms with Crippen molar-refractivity contribution in [2.75, 3.05) is 7.05 Å². The summed E-state index contributed by atoms with van der Waals surface area (Å²) < 4.78 is 26.7. The average Bonchev–Trinajstić information content (AvgIpc) is 2.86. The van der Waals surface area contributed by atoms with Crippen LogP contribution < -0.4 is 4.72 Å². The molecule has 4 heteroatoms. The lowest BCUT2D eigenvalue weighted by molar-refractivity contribution is 0.588. The molecular weight excluding hydrogens is 354 g/mol. The van der Waals surface area contributed by atoms with Crippen LogP contribution in [0.15, 0.2) is 77.7 Å². The maximum atomic E-state index is 12.2.